The molecule has 2 N–H and O–H groups in total. The van der Waals surface area contributed by atoms with E-state index in [4.69, 9.17) is 4.74 Å². The van der Waals surface area contributed by atoms with E-state index in [9.17, 15) is 9.59 Å². The van der Waals surface area contributed by atoms with Crippen LogP contribution in [0.25, 0.3) is 33.3 Å². The van der Waals surface area contributed by atoms with E-state index in [1.165, 1.54) is 11.3 Å². The second-order valence-corrected chi connectivity index (χ2v) is 8.25. The molecule has 1 aliphatic rings. The number of ether oxygens (including phenoxy) is 1. The number of nitrogens with one attached hydrogen (secondary N) is 2. The fourth-order valence-corrected chi connectivity index (χ4v) is 4.50. The van der Waals surface area contributed by atoms with Gasteiger partial charge in [-0.2, -0.15) is 0 Å². The van der Waals surface area contributed by atoms with Crippen LogP contribution in [0.2, 0.25) is 0 Å². The first-order valence-corrected chi connectivity index (χ1v) is 10.6. The average molecular weight is 423 g/mol. The number of H-pyrrole nitrogens is 2. The van der Waals surface area contributed by atoms with E-state index >= 15 is 0 Å². The van der Waals surface area contributed by atoms with Gasteiger partial charge in [0.05, 0.1) is 29.4 Å². The van der Waals surface area contributed by atoms with Gasteiger partial charge in [0, 0.05) is 53.9 Å². The SMILES string of the molecule is COc1cc2[nH]c(-c3nc4cscc4[nH]c3=O)cc2cc1C(=O)N1CCN(C)CC1. The molecule has 30 heavy (non-hydrogen) atoms. The van der Waals surface area contributed by atoms with Crippen molar-refractivity contribution >= 4 is 39.2 Å². The number of carbonyl (C=O) groups excluding carboxylic acids is 1. The van der Waals surface area contributed by atoms with Crippen molar-refractivity contribution < 1.29 is 9.53 Å². The maximum absolute atomic E-state index is 13.1. The number of hydrogen-bond donors (Lipinski definition) is 2. The summed E-state index contributed by atoms with van der Waals surface area (Å²) in [6, 6.07) is 5.48. The van der Waals surface area contributed by atoms with Gasteiger partial charge in [0.1, 0.15) is 5.75 Å². The van der Waals surface area contributed by atoms with Gasteiger partial charge in [-0.3, -0.25) is 9.59 Å². The standard InChI is InChI=1S/C21H21N5O3S/c1-25-3-5-26(6-4-25)21(28)13-7-12-8-15(22-14(12)9-18(13)29-2)19-20(27)24-17-11-30-10-16(17)23-19/h7-11,22H,3-6H2,1-2H3,(H,24,27). The highest BCUT2D eigenvalue weighted by Crippen LogP contribution is 2.30. The van der Waals surface area contributed by atoms with Gasteiger partial charge >= 0.3 is 0 Å². The minimum Gasteiger partial charge on any atom is -0.496 e. The summed E-state index contributed by atoms with van der Waals surface area (Å²) in [7, 11) is 3.61. The molecule has 9 heteroatoms. The molecule has 0 bridgehead atoms. The van der Waals surface area contributed by atoms with Crippen molar-refractivity contribution in [2.75, 3.05) is 40.3 Å². The third-order valence-corrected chi connectivity index (χ3v) is 6.29. The number of aromatic amines is 2. The summed E-state index contributed by atoms with van der Waals surface area (Å²) in [5, 5.41) is 4.59. The molecule has 0 radical (unpaired) electrons. The van der Waals surface area contributed by atoms with Crippen LogP contribution in [0.3, 0.4) is 0 Å². The number of carbonyl (C=O) groups is 1. The van der Waals surface area contributed by atoms with Crippen molar-refractivity contribution in [3.63, 3.8) is 0 Å². The van der Waals surface area contributed by atoms with Gasteiger partial charge in [-0.15, -0.1) is 11.3 Å². The number of rotatable bonds is 3. The molecule has 1 amide bonds. The van der Waals surface area contributed by atoms with Crippen molar-refractivity contribution in [2.45, 2.75) is 0 Å². The fourth-order valence-electron chi connectivity index (χ4n) is 3.81. The van der Waals surface area contributed by atoms with Gasteiger partial charge in [-0.05, 0) is 19.2 Å². The first-order valence-electron chi connectivity index (χ1n) is 9.68. The average Bonchev–Trinajstić information content (AvgIpc) is 3.37. The van der Waals surface area contributed by atoms with Gasteiger partial charge in [-0.1, -0.05) is 0 Å². The number of amides is 1. The molecule has 1 fully saturated rings. The van der Waals surface area contributed by atoms with Crippen molar-refractivity contribution in [1.82, 2.24) is 24.8 Å². The zero-order valence-corrected chi connectivity index (χ0v) is 17.5. The molecule has 8 nitrogen and oxygen atoms in total. The quantitative estimate of drug-likeness (QED) is 0.528. The second kappa shape index (κ2) is 7.26. The highest BCUT2D eigenvalue weighted by molar-refractivity contribution is 7.09. The van der Waals surface area contributed by atoms with Crippen molar-refractivity contribution in [2.24, 2.45) is 0 Å². The molecule has 4 heterocycles. The van der Waals surface area contributed by atoms with Crippen LogP contribution < -0.4 is 10.3 Å². The van der Waals surface area contributed by atoms with E-state index in [2.05, 4.69) is 26.9 Å². The number of benzene rings is 1. The van der Waals surface area contributed by atoms with Crippen LogP contribution in [0.4, 0.5) is 0 Å². The number of likely N-dealkylation sites (N-methyl/N-ethyl adjacent to an activating group) is 1. The number of hydrogen-bond acceptors (Lipinski definition) is 6. The predicted octanol–water partition coefficient (Wildman–Crippen LogP) is 2.53. The number of aromatic nitrogens is 3. The number of nitrogens with zero attached hydrogens (tertiary/aromatic N) is 3. The van der Waals surface area contributed by atoms with Gasteiger partial charge in [-0.25, -0.2) is 4.98 Å². The predicted molar refractivity (Wildman–Crippen MR) is 117 cm³/mol. The third-order valence-electron chi connectivity index (χ3n) is 5.55. The lowest BCUT2D eigenvalue weighted by Crippen LogP contribution is -2.47. The van der Waals surface area contributed by atoms with Gasteiger partial charge in [0.25, 0.3) is 11.5 Å². The topological polar surface area (TPSA) is 94.3 Å². The van der Waals surface area contributed by atoms with E-state index in [0.29, 0.717) is 35.8 Å². The molecule has 0 aliphatic carbocycles. The van der Waals surface area contributed by atoms with Crippen molar-refractivity contribution in [3.8, 4) is 17.1 Å². The maximum atomic E-state index is 13.1. The molecule has 0 saturated carbocycles. The van der Waals surface area contributed by atoms with Crippen LogP contribution in [-0.2, 0) is 0 Å². The number of thiophene rings is 1. The van der Waals surface area contributed by atoms with E-state index in [1.807, 2.05) is 27.8 Å². The van der Waals surface area contributed by atoms with Gasteiger partial charge in [0.2, 0.25) is 0 Å². The highest BCUT2D eigenvalue weighted by atomic mass is 32.1. The van der Waals surface area contributed by atoms with E-state index < -0.39 is 0 Å². The summed E-state index contributed by atoms with van der Waals surface area (Å²) < 4.78 is 5.51. The zero-order valence-electron chi connectivity index (χ0n) is 16.7. The summed E-state index contributed by atoms with van der Waals surface area (Å²) in [5.41, 5.74) is 3.45. The fraction of sp³-hybridized carbons (Fsp3) is 0.286. The Morgan fingerprint density at radius 3 is 2.67 bits per heavy atom. The first-order chi connectivity index (χ1) is 14.5. The Balaban J connectivity index is 1.57. The molecule has 1 saturated heterocycles. The molecule has 3 aromatic heterocycles. The van der Waals surface area contributed by atoms with E-state index in [0.717, 1.165) is 35.0 Å². The van der Waals surface area contributed by atoms with Crippen molar-refractivity contribution in [3.05, 3.63) is 44.9 Å². The molecular formula is C21H21N5O3S. The third kappa shape index (κ3) is 3.16. The molecule has 4 aromatic rings. The van der Waals surface area contributed by atoms with Crippen LogP contribution in [0.1, 0.15) is 10.4 Å². The smallest absolute Gasteiger partial charge is 0.276 e. The molecule has 1 aromatic carbocycles. The summed E-state index contributed by atoms with van der Waals surface area (Å²) in [5.74, 6) is 0.468. The largest absolute Gasteiger partial charge is 0.496 e. The Kier molecular flexibility index (Phi) is 4.56. The normalized spacial score (nSPS) is 15.2. The Bertz CT molecular complexity index is 1310. The lowest BCUT2D eigenvalue weighted by molar-refractivity contribution is 0.0661. The van der Waals surface area contributed by atoms with Crippen molar-refractivity contribution in [1.29, 1.82) is 0 Å². The Hall–Kier alpha value is -3.17. The minimum atomic E-state index is -0.256. The second-order valence-electron chi connectivity index (χ2n) is 7.50. The Labute approximate surface area is 176 Å². The summed E-state index contributed by atoms with van der Waals surface area (Å²) >= 11 is 1.49. The number of fused-ring (bicyclic) bond motifs is 2. The van der Waals surface area contributed by atoms with Crippen LogP contribution in [0, 0.1) is 0 Å². The molecule has 154 valence electrons. The van der Waals surface area contributed by atoms with Crippen LogP contribution in [-0.4, -0.2) is 71.0 Å². The highest BCUT2D eigenvalue weighted by Gasteiger charge is 2.24. The van der Waals surface area contributed by atoms with Gasteiger partial charge < -0.3 is 24.5 Å². The van der Waals surface area contributed by atoms with E-state index in [1.54, 1.807) is 13.2 Å². The number of piperazine rings is 1. The minimum absolute atomic E-state index is 0.0414. The molecule has 5 rings (SSSR count). The maximum Gasteiger partial charge on any atom is 0.276 e. The van der Waals surface area contributed by atoms with Crippen LogP contribution >= 0.6 is 11.3 Å². The molecule has 1 aliphatic heterocycles. The Morgan fingerprint density at radius 1 is 1.10 bits per heavy atom. The summed E-state index contributed by atoms with van der Waals surface area (Å²) in [6.45, 7) is 3.08. The molecule has 0 atom stereocenters. The monoisotopic (exact) mass is 423 g/mol. The van der Waals surface area contributed by atoms with Gasteiger partial charge in [0.15, 0.2) is 5.69 Å². The van der Waals surface area contributed by atoms with E-state index in [-0.39, 0.29) is 11.5 Å². The summed E-state index contributed by atoms with van der Waals surface area (Å²) in [6.07, 6.45) is 0. The molecule has 0 spiro atoms. The lowest BCUT2D eigenvalue weighted by Gasteiger charge is -2.32. The Morgan fingerprint density at radius 2 is 1.90 bits per heavy atom. The van der Waals surface area contributed by atoms with Crippen LogP contribution in [0.15, 0.2) is 33.8 Å². The molecular weight excluding hydrogens is 402 g/mol. The number of methoxy groups -OCH3 is 1. The first kappa shape index (κ1) is 18.8. The lowest BCUT2D eigenvalue weighted by atomic mass is 10.1. The zero-order chi connectivity index (χ0) is 20.8. The molecule has 0 unspecified atom stereocenters. The summed E-state index contributed by atoms with van der Waals surface area (Å²) in [4.78, 5) is 40.3. The van der Waals surface area contributed by atoms with Crippen LogP contribution in [0.5, 0.6) is 5.75 Å².